The maximum absolute atomic E-state index is 12.6. The van der Waals surface area contributed by atoms with Crippen LogP contribution < -0.4 is 15.1 Å². The molecule has 0 spiro atoms. The van der Waals surface area contributed by atoms with E-state index < -0.39 is 21.6 Å². The topological polar surface area (TPSA) is 103 Å². The Hall–Kier alpha value is -3.75. The van der Waals surface area contributed by atoms with E-state index in [4.69, 9.17) is 9.15 Å². The summed E-state index contributed by atoms with van der Waals surface area (Å²) in [6.07, 6.45) is 0.294. The van der Waals surface area contributed by atoms with Crippen molar-refractivity contribution in [1.82, 2.24) is 4.72 Å². The molecule has 4 rings (SSSR count). The fourth-order valence-electron chi connectivity index (χ4n) is 3.71. The quantitative estimate of drug-likeness (QED) is 0.224. The first-order valence-corrected chi connectivity index (χ1v) is 12.6. The second kappa shape index (κ2) is 10.2. The lowest BCUT2D eigenvalue weighted by molar-refractivity contribution is -0.134. The van der Waals surface area contributed by atoms with Crippen LogP contribution in [0.5, 0.6) is 5.75 Å². The van der Waals surface area contributed by atoms with E-state index in [9.17, 15) is 18.0 Å². The fourth-order valence-corrected chi connectivity index (χ4v) is 4.74. The summed E-state index contributed by atoms with van der Waals surface area (Å²) in [4.78, 5) is 25.0. The predicted octanol–water partition coefficient (Wildman–Crippen LogP) is 4.27. The van der Waals surface area contributed by atoms with Gasteiger partial charge in [-0.15, -0.1) is 0 Å². The van der Waals surface area contributed by atoms with Crippen molar-refractivity contribution in [1.29, 1.82) is 0 Å². The number of nitrogens with one attached hydrogen (secondary N) is 1. The molecular weight excluding hydrogens is 466 g/mol. The lowest BCUT2D eigenvalue weighted by Gasteiger charge is -2.10. The maximum Gasteiger partial charge on any atom is 0.340 e. The third-order valence-electron chi connectivity index (χ3n) is 5.67. The zero-order valence-corrected chi connectivity index (χ0v) is 20.2. The molecule has 0 fully saturated rings. The molecule has 3 aromatic carbocycles. The summed E-state index contributed by atoms with van der Waals surface area (Å²) >= 11 is 0. The van der Waals surface area contributed by atoms with Gasteiger partial charge in [0, 0.05) is 30.0 Å². The number of hydrogen-bond donors (Lipinski definition) is 1. The molecule has 8 heteroatoms. The van der Waals surface area contributed by atoms with E-state index in [0.717, 1.165) is 22.1 Å². The molecule has 1 N–H and O–H groups in total. The molecule has 7 nitrogen and oxygen atoms in total. The van der Waals surface area contributed by atoms with Crippen LogP contribution in [-0.2, 0) is 21.2 Å². The van der Waals surface area contributed by atoms with Gasteiger partial charge in [-0.25, -0.2) is 17.9 Å². The van der Waals surface area contributed by atoms with Gasteiger partial charge in [0.1, 0.15) is 11.3 Å². The number of esters is 1. The maximum atomic E-state index is 12.6. The summed E-state index contributed by atoms with van der Waals surface area (Å²) in [7, 11) is -3.72. The van der Waals surface area contributed by atoms with Gasteiger partial charge in [-0.2, -0.15) is 0 Å². The minimum Gasteiger partial charge on any atom is -0.426 e. The Morgan fingerprint density at radius 2 is 1.69 bits per heavy atom. The Bertz CT molecular complexity index is 1520. The Morgan fingerprint density at radius 1 is 0.971 bits per heavy atom. The van der Waals surface area contributed by atoms with Crippen molar-refractivity contribution < 1.29 is 22.4 Å². The molecule has 0 saturated carbocycles. The first-order chi connectivity index (χ1) is 16.7. The molecule has 0 unspecified atom stereocenters. The molecule has 0 aliphatic heterocycles. The number of sulfonamides is 1. The van der Waals surface area contributed by atoms with Crippen molar-refractivity contribution >= 4 is 27.0 Å². The average Bonchev–Trinajstić information content (AvgIpc) is 2.82. The predicted molar refractivity (Wildman–Crippen MR) is 133 cm³/mol. The van der Waals surface area contributed by atoms with Crippen LogP contribution >= 0.6 is 0 Å². The highest BCUT2D eigenvalue weighted by Crippen LogP contribution is 2.25. The number of aryl methyl sites for hydroxylation is 2. The second-order valence-corrected chi connectivity index (χ2v) is 10.0. The number of carbonyl (C=O) groups is 1. The molecule has 0 amide bonds. The summed E-state index contributed by atoms with van der Waals surface area (Å²) in [5.41, 5.74) is 3.22. The van der Waals surface area contributed by atoms with E-state index in [0.29, 0.717) is 17.6 Å². The lowest BCUT2D eigenvalue weighted by Crippen LogP contribution is -2.27. The molecule has 4 aromatic rings. The van der Waals surface area contributed by atoms with Gasteiger partial charge < -0.3 is 9.15 Å². The molecule has 1 aromatic heterocycles. The number of hydrogen-bond acceptors (Lipinski definition) is 6. The molecule has 0 aliphatic rings. The van der Waals surface area contributed by atoms with Crippen molar-refractivity contribution in [3.63, 3.8) is 0 Å². The zero-order valence-electron chi connectivity index (χ0n) is 19.4. The van der Waals surface area contributed by atoms with Crippen molar-refractivity contribution in [3.05, 3.63) is 105 Å². The van der Waals surface area contributed by atoms with Crippen LogP contribution in [0.3, 0.4) is 0 Å². The van der Waals surface area contributed by atoms with Crippen LogP contribution in [0.2, 0.25) is 0 Å². The standard InChI is InChI=1S/C27H25NO6S/c1-18-8-11-22(12-9-18)35(31,32)28-15-14-26(29)33-21-10-13-23-19(2)24(27(30)34-25(23)17-21)16-20-6-4-3-5-7-20/h3-13,17,28H,14-16H2,1-2H3. The minimum atomic E-state index is -3.72. The van der Waals surface area contributed by atoms with Crippen LogP contribution in [0.4, 0.5) is 0 Å². The monoisotopic (exact) mass is 491 g/mol. The summed E-state index contributed by atoms with van der Waals surface area (Å²) in [5, 5.41) is 0.751. The number of rotatable bonds is 8. The molecule has 35 heavy (non-hydrogen) atoms. The largest absolute Gasteiger partial charge is 0.426 e. The van der Waals surface area contributed by atoms with E-state index in [1.165, 1.54) is 18.2 Å². The summed E-state index contributed by atoms with van der Waals surface area (Å²) in [5.74, 6) is -0.405. The molecule has 0 atom stereocenters. The van der Waals surface area contributed by atoms with Gasteiger partial charge >= 0.3 is 11.6 Å². The van der Waals surface area contributed by atoms with Crippen LogP contribution in [0, 0.1) is 13.8 Å². The SMILES string of the molecule is Cc1ccc(S(=O)(=O)NCCC(=O)Oc2ccc3c(C)c(Cc4ccccc4)c(=O)oc3c2)cc1. The van der Waals surface area contributed by atoms with Gasteiger partial charge in [0.25, 0.3) is 0 Å². The minimum absolute atomic E-state index is 0.111. The van der Waals surface area contributed by atoms with Crippen LogP contribution in [0.15, 0.2) is 86.9 Å². The molecule has 0 radical (unpaired) electrons. The van der Waals surface area contributed by atoms with Gasteiger partial charge in [0.15, 0.2) is 0 Å². The zero-order chi connectivity index (χ0) is 25.0. The third kappa shape index (κ3) is 5.85. The Kier molecular flexibility index (Phi) is 7.14. The Morgan fingerprint density at radius 3 is 2.40 bits per heavy atom. The van der Waals surface area contributed by atoms with Gasteiger partial charge in [0.05, 0.1) is 11.3 Å². The second-order valence-electron chi connectivity index (χ2n) is 8.25. The smallest absolute Gasteiger partial charge is 0.340 e. The molecule has 0 aliphatic carbocycles. The highest BCUT2D eigenvalue weighted by molar-refractivity contribution is 7.89. The van der Waals surface area contributed by atoms with Crippen LogP contribution in [-0.4, -0.2) is 20.9 Å². The molecule has 180 valence electrons. The molecule has 1 heterocycles. The van der Waals surface area contributed by atoms with E-state index in [1.807, 2.05) is 44.2 Å². The lowest BCUT2D eigenvalue weighted by atomic mass is 10.00. The number of ether oxygens (including phenoxy) is 1. The normalized spacial score (nSPS) is 11.5. The fraction of sp³-hybridized carbons (Fsp3) is 0.185. The van der Waals surface area contributed by atoms with Gasteiger partial charge in [-0.3, -0.25) is 4.79 Å². The molecule has 0 saturated heterocycles. The van der Waals surface area contributed by atoms with Crippen LogP contribution in [0.25, 0.3) is 11.0 Å². The summed E-state index contributed by atoms with van der Waals surface area (Å²) < 4.78 is 37.9. The van der Waals surface area contributed by atoms with E-state index in [1.54, 1.807) is 24.3 Å². The van der Waals surface area contributed by atoms with Gasteiger partial charge in [0.2, 0.25) is 10.0 Å². The first-order valence-electron chi connectivity index (χ1n) is 11.1. The Labute approximate surface area is 203 Å². The highest BCUT2D eigenvalue weighted by atomic mass is 32.2. The third-order valence-corrected chi connectivity index (χ3v) is 7.14. The van der Waals surface area contributed by atoms with Gasteiger partial charge in [-0.1, -0.05) is 48.0 Å². The van der Waals surface area contributed by atoms with E-state index in [2.05, 4.69) is 4.72 Å². The van der Waals surface area contributed by atoms with Crippen molar-refractivity contribution in [3.8, 4) is 5.75 Å². The first kappa shape index (κ1) is 24.4. The molecular formula is C27H25NO6S. The van der Waals surface area contributed by atoms with Gasteiger partial charge in [-0.05, 0) is 49.2 Å². The number of fused-ring (bicyclic) bond motifs is 1. The van der Waals surface area contributed by atoms with Crippen molar-refractivity contribution in [2.75, 3.05) is 6.54 Å². The van der Waals surface area contributed by atoms with Crippen molar-refractivity contribution in [2.24, 2.45) is 0 Å². The van der Waals surface area contributed by atoms with Crippen molar-refractivity contribution in [2.45, 2.75) is 31.6 Å². The summed E-state index contributed by atoms with van der Waals surface area (Å²) in [6, 6.07) is 20.9. The highest BCUT2D eigenvalue weighted by Gasteiger charge is 2.16. The van der Waals surface area contributed by atoms with E-state index >= 15 is 0 Å². The average molecular weight is 492 g/mol. The summed E-state index contributed by atoms with van der Waals surface area (Å²) in [6.45, 7) is 3.62. The molecule has 0 bridgehead atoms. The van der Waals surface area contributed by atoms with E-state index in [-0.39, 0.29) is 23.6 Å². The number of benzene rings is 3. The van der Waals surface area contributed by atoms with Crippen LogP contribution in [0.1, 0.15) is 28.7 Å². The number of carbonyl (C=O) groups excluding carboxylic acids is 1. The Balaban J connectivity index is 1.42.